The van der Waals surface area contributed by atoms with Gasteiger partial charge in [-0.15, -0.1) is 0 Å². The van der Waals surface area contributed by atoms with Crippen LogP contribution in [0, 0.1) is 0 Å². The first kappa shape index (κ1) is 17.2. The maximum Gasteiger partial charge on any atom is 0.197 e. The number of halogens is 1. The van der Waals surface area contributed by atoms with Crippen molar-refractivity contribution in [2.45, 2.75) is 0 Å². The third-order valence-electron chi connectivity index (χ3n) is 4.47. The zero-order valence-corrected chi connectivity index (χ0v) is 15.5. The largest absolute Gasteiger partial charge is 0.508 e. The molecule has 0 spiro atoms. The van der Waals surface area contributed by atoms with E-state index in [0.717, 1.165) is 0 Å². The van der Waals surface area contributed by atoms with E-state index in [9.17, 15) is 19.8 Å². The van der Waals surface area contributed by atoms with Crippen molar-refractivity contribution in [3.63, 3.8) is 0 Å². The van der Waals surface area contributed by atoms with E-state index in [4.69, 9.17) is 0 Å². The Bertz CT molecular complexity index is 1140. The summed E-state index contributed by atoms with van der Waals surface area (Å²) in [7, 11) is 0. The molecule has 0 unspecified atom stereocenters. The van der Waals surface area contributed by atoms with Gasteiger partial charge in [-0.1, -0.05) is 52.3 Å². The Kier molecular flexibility index (Phi) is 4.16. The Morgan fingerprint density at radius 3 is 2.37 bits per heavy atom. The average molecular weight is 421 g/mol. The van der Waals surface area contributed by atoms with Gasteiger partial charge >= 0.3 is 0 Å². The quantitative estimate of drug-likeness (QED) is 0.363. The van der Waals surface area contributed by atoms with E-state index in [1.165, 1.54) is 24.3 Å². The van der Waals surface area contributed by atoms with Crippen molar-refractivity contribution in [3.05, 3.63) is 99.0 Å². The summed E-state index contributed by atoms with van der Waals surface area (Å²) in [6.45, 7) is 0. The number of carbonyl (C=O) groups excluding carboxylic acids is 2. The highest BCUT2D eigenvalue weighted by Gasteiger charge is 2.30. The van der Waals surface area contributed by atoms with E-state index in [-0.39, 0.29) is 28.6 Å². The molecule has 0 amide bonds. The highest BCUT2D eigenvalue weighted by Crippen LogP contribution is 2.41. The number of benzene rings is 3. The Morgan fingerprint density at radius 2 is 1.63 bits per heavy atom. The lowest BCUT2D eigenvalue weighted by molar-refractivity contribution is 0.102. The molecule has 3 aromatic carbocycles. The van der Waals surface area contributed by atoms with Gasteiger partial charge in [-0.2, -0.15) is 0 Å². The molecule has 3 aromatic rings. The van der Waals surface area contributed by atoms with Gasteiger partial charge in [-0.3, -0.25) is 9.59 Å². The first-order valence-electron chi connectivity index (χ1n) is 8.18. The van der Waals surface area contributed by atoms with Crippen LogP contribution in [-0.4, -0.2) is 21.8 Å². The molecule has 2 N–H and O–H groups in total. The first-order valence-corrected chi connectivity index (χ1v) is 8.97. The van der Waals surface area contributed by atoms with Gasteiger partial charge < -0.3 is 10.2 Å². The number of rotatable bonds is 2. The molecular formula is C22H13BrO4. The summed E-state index contributed by atoms with van der Waals surface area (Å²) in [6.07, 6.45) is 1.44. The van der Waals surface area contributed by atoms with Crippen molar-refractivity contribution in [3.8, 4) is 11.5 Å². The molecule has 0 saturated heterocycles. The molecule has 0 saturated carbocycles. The third-order valence-corrected chi connectivity index (χ3v) is 4.93. The van der Waals surface area contributed by atoms with Gasteiger partial charge in [-0.25, -0.2) is 0 Å². The number of aromatic hydroxyl groups is 2. The molecule has 0 heterocycles. The van der Waals surface area contributed by atoms with E-state index in [0.29, 0.717) is 32.3 Å². The van der Waals surface area contributed by atoms with Gasteiger partial charge in [0.1, 0.15) is 11.5 Å². The maximum absolute atomic E-state index is 12.9. The Hall–Kier alpha value is -3.18. The van der Waals surface area contributed by atoms with Gasteiger partial charge in [0.15, 0.2) is 11.6 Å². The van der Waals surface area contributed by atoms with Crippen LogP contribution in [0.15, 0.2) is 71.2 Å². The number of hydrogen-bond donors (Lipinski definition) is 2. The van der Waals surface area contributed by atoms with Gasteiger partial charge in [0, 0.05) is 15.6 Å². The predicted molar refractivity (Wildman–Crippen MR) is 105 cm³/mol. The van der Waals surface area contributed by atoms with Crippen LogP contribution in [0.3, 0.4) is 0 Å². The summed E-state index contributed by atoms with van der Waals surface area (Å²) in [5, 5.41) is 20.0. The van der Waals surface area contributed by atoms with Crippen molar-refractivity contribution >= 4 is 33.1 Å². The lowest BCUT2D eigenvalue weighted by atomic mass is 9.80. The normalized spacial score (nSPS) is 14.0. The highest BCUT2D eigenvalue weighted by molar-refractivity contribution is 9.10. The van der Waals surface area contributed by atoms with Crippen LogP contribution >= 0.6 is 15.9 Å². The number of allylic oxidation sites excluding steroid dienone is 1. The minimum absolute atomic E-state index is 0.000684. The number of hydrogen-bond acceptors (Lipinski definition) is 4. The first-order chi connectivity index (χ1) is 13.0. The van der Waals surface area contributed by atoms with Crippen LogP contribution in [0.25, 0.3) is 5.57 Å². The third kappa shape index (κ3) is 2.96. The molecular weight excluding hydrogens is 408 g/mol. The standard InChI is InChI=1S/C22H13BrO4/c23-13-9-18-17(11-19(25)12-4-3-5-14(24)8-12)15-6-1-2-7-16(15)22(27)21(18)20(26)10-13/h1-11,24,26H. The molecule has 132 valence electrons. The molecule has 1 aliphatic rings. The summed E-state index contributed by atoms with van der Waals surface area (Å²) in [4.78, 5) is 25.7. The highest BCUT2D eigenvalue weighted by atomic mass is 79.9. The molecule has 0 atom stereocenters. The topological polar surface area (TPSA) is 74.6 Å². The number of phenolic OH excluding ortho intramolecular Hbond substituents is 2. The lowest BCUT2D eigenvalue weighted by Crippen LogP contribution is -2.15. The average Bonchev–Trinajstić information content (AvgIpc) is 2.64. The minimum atomic E-state index is -0.310. The molecule has 4 nitrogen and oxygen atoms in total. The lowest BCUT2D eigenvalue weighted by Gasteiger charge is -2.22. The zero-order valence-electron chi connectivity index (χ0n) is 13.9. The summed E-state index contributed by atoms with van der Waals surface area (Å²) in [6, 6.07) is 16.2. The van der Waals surface area contributed by atoms with E-state index < -0.39 is 0 Å². The van der Waals surface area contributed by atoms with Crippen LogP contribution in [0.2, 0.25) is 0 Å². The predicted octanol–water partition coefficient (Wildman–Crippen LogP) is 4.72. The SMILES string of the molecule is O=C(C=C1c2ccccc2C(=O)c2c(O)cc(Br)cc21)c1cccc(O)c1. The van der Waals surface area contributed by atoms with Gasteiger partial charge in [-0.05, 0) is 47.0 Å². The van der Waals surface area contributed by atoms with Crippen LogP contribution in [-0.2, 0) is 0 Å². The molecule has 0 radical (unpaired) electrons. The van der Waals surface area contributed by atoms with E-state index in [1.54, 1.807) is 42.5 Å². The van der Waals surface area contributed by atoms with Crippen LogP contribution in [0.1, 0.15) is 37.4 Å². The number of carbonyl (C=O) groups is 2. The summed E-state index contributed by atoms with van der Waals surface area (Å²) in [5.74, 6) is -0.739. The van der Waals surface area contributed by atoms with Crippen molar-refractivity contribution in [2.24, 2.45) is 0 Å². The fraction of sp³-hybridized carbons (Fsp3) is 0. The van der Waals surface area contributed by atoms with Crippen molar-refractivity contribution in [2.75, 3.05) is 0 Å². The molecule has 4 rings (SSSR count). The van der Waals surface area contributed by atoms with E-state index >= 15 is 0 Å². The van der Waals surface area contributed by atoms with Gasteiger partial charge in [0.05, 0.1) is 5.56 Å². The number of fused-ring (bicyclic) bond motifs is 2. The molecule has 0 fully saturated rings. The maximum atomic E-state index is 12.9. The number of ketones is 2. The van der Waals surface area contributed by atoms with Crippen LogP contribution in [0.5, 0.6) is 11.5 Å². The Morgan fingerprint density at radius 1 is 0.889 bits per heavy atom. The summed E-state index contributed by atoms with van der Waals surface area (Å²) >= 11 is 3.33. The van der Waals surface area contributed by atoms with E-state index in [2.05, 4.69) is 15.9 Å². The Labute approximate surface area is 163 Å². The summed E-state index contributed by atoms with van der Waals surface area (Å²) < 4.78 is 0.599. The second-order valence-electron chi connectivity index (χ2n) is 6.19. The molecule has 0 aromatic heterocycles. The van der Waals surface area contributed by atoms with Gasteiger partial charge in [0.25, 0.3) is 0 Å². The van der Waals surface area contributed by atoms with Gasteiger partial charge in [0.2, 0.25) is 0 Å². The fourth-order valence-corrected chi connectivity index (χ4v) is 3.71. The monoisotopic (exact) mass is 420 g/mol. The molecule has 27 heavy (non-hydrogen) atoms. The second-order valence-corrected chi connectivity index (χ2v) is 7.11. The minimum Gasteiger partial charge on any atom is -0.508 e. The fourth-order valence-electron chi connectivity index (χ4n) is 3.27. The van der Waals surface area contributed by atoms with Crippen molar-refractivity contribution in [1.82, 2.24) is 0 Å². The summed E-state index contributed by atoms with van der Waals surface area (Å²) in [5.41, 5.74) is 2.59. The molecule has 0 bridgehead atoms. The van der Waals surface area contributed by atoms with Crippen molar-refractivity contribution in [1.29, 1.82) is 0 Å². The number of phenols is 2. The molecule has 1 aliphatic carbocycles. The van der Waals surface area contributed by atoms with Crippen LogP contribution < -0.4 is 0 Å². The molecule has 5 heteroatoms. The molecule has 0 aliphatic heterocycles. The zero-order chi connectivity index (χ0) is 19.1. The smallest absolute Gasteiger partial charge is 0.197 e. The van der Waals surface area contributed by atoms with Crippen LogP contribution in [0.4, 0.5) is 0 Å². The van der Waals surface area contributed by atoms with Crippen molar-refractivity contribution < 1.29 is 19.8 Å². The Balaban J connectivity index is 1.97. The second kappa shape index (κ2) is 6.52. The van der Waals surface area contributed by atoms with E-state index in [1.807, 2.05) is 0 Å².